The summed E-state index contributed by atoms with van der Waals surface area (Å²) in [7, 11) is 0. The molecule has 1 aliphatic carbocycles. The van der Waals surface area contributed by atoms with E-state index in [1.807, 2.05) is 43.3 Å². The molecule has 0 N–H and O–H groups in total. The smallest absolute Gasteiger partial charge is 0.109 e. The Labute approximate surface area is 305 Å². The van der Waals surface area contributed by atoms with Crippen LogP contribution in [0.3, 0.4) is 0 Å². The fourth-order valence-corrected chi connectivity index (χ4v) is 5.80. The van der Waals surface area contributed by atoms with E-state index in [1.54, 1.807) is 6.07 Å². The molecule has 0 nitrogen and oxygen atoms in total. The molecule has 0 saturated carbocycles. The zero-order valence-electron chi connectivity index (χ0n) is 28.0. The number of aryl methyl sites for hydroxylation is 1. The van der Waals surface area contributed by atoms with Gasteiger partial charge in [-0.2, -0.15) is 6.08 Å². The minimum absolute atomic E-state index is 0. The van der Waals surface area contributed by atoms with E-state index in [9.17, 15) is 13.2 Å². The monoisotopic (exact) mass is 750 g/mol. The topological polar surface area (TPSA) is 0 Å². The molecule has 0 saturated heterocycles. The fourth-order valence-electron chi connectivity index (χ4n) is 5.01. The molecule has 0 heterocycles. The summed E-state index contributed by atoms with van der Waals surface area (Å²) in [5.41, 5.74) is 5.35. The summed E-state index contributed by atoms with van der Waals surface area (Å²) in [6, 6.07) is 29.5. The molecule has 5 aromatic carbocycles. The van der Waals surface area contributed by atoms with Crippen molar-refractivity contribution < 1.29 is 62.2 Å². The Morgan fingerprint density at radius 2 is 1.21 bits per heavy atom. The van der Waals surface area contributed by atoms with Crippen LogP contribution in [0.4, 0.5) is 13.2 Å². The molecule has 0 fully saturated rings. The third-order valence-electron chi connectivity index (χ3n) is 7.84. The van der Waals surface area contributed by atoms with E-state index in [-0.39, 0.29) is 35.6 Å². The molecule has 0 radical (unpaired) electrons. The summed E-state index contributed by atoms with van der Waals surface area (Å²) >= 11 is 1.10. The van der Waals surface area contributed by atoms with Crippen LogP contribution in [0.5, 0.6) is 0 Å². The van der Waals surface area contributed by atoms with E-state index >= 15 is 0 Å². The Morgan fingerprint density at radius 3 is 1.62 bits per heavy atom. The maximum absolute atomic E-state index is 12.7. The number of rotatable bonds is 2. The molecular weight excluding hydrogens is 712 g/mol. The van der Waals surface area contributed by atoms with Gasteiger partial charge >= 0.3 is 124 Å². The number of halogens is 5. The number of allylic oxidation sites excluding steroid dienone is 4. The van der Waals surface area contributed by atoms with Crippen molar-refractivity contribution in [3.8, 4) is 0 Å². The van der Waals surface area contributed by atoms with Crippen LogP contribution in [0.25, 0.3) is 21.5 Å². The molecule has 6 heteroatoms. The van der Waals surface area contributed by atoms with Crippen molar-refractivity contribution in [3.05, 3.63) is 149 Å². The van der Waals surface area contributed by atoms with Crippen molar-refractivity contribution in [1.82, 2.24) is 0 Å². The van der Waals surface area contributed by atoms with Gasteiger partial charge in [0.25, 0.3) is 0 Å². The third-order valence-corrected chi connectivity index (χ3v) is 9.26. The summed E-state index contributed by atoms with van der Waals surface area (Å²) in [6.45, 7) is 15.6. The Bertz CT molecular complexity index is 1770. The second-order valence-corrected chi connectivity index (χ2v) is 14.8. The molecule has 0 spiro atoms. The number of fused-ring (bicyclic) bond motifs is 3. The molecule has 0 aliphatic heterocycles. The van der Waals surface area contributed by atoms with Crippen LogP contribution >= 0.6 is 0 Å². The predicted molar refractivity (Wildman–Crippen MR) is 182 cm³/mol. The molecule has 0 unspecified atom stereocenters. The van der Waals surface area contributed by atoms with Gasteiger partial charge in [-0.15, -0.1) is 46.2 Å². The van der Waals surface area contributed by atoms with Crippen LogP contribution < -0.4 is 24.8 Å². The number of benzene rings is 4. The number of hydrogen-bond acceptors (Lipinski definition) is 0. The van der Waals surface area contributed by atoms with Crippen molar-refractivity contribution in [3.63, 3.8) is 0 Å². The minimum Gasteiger partial charge on any atom is -1.00 e. The Morgan fingerprint density at radius 1 is 0.681 bits per heavy atom. The van der Waals surface area contributed by atoms with Gasteiger partial charge < -0.3 is 24.8 Å². The van der Waals surface area contributed by atoms with Crippen molar-refractivity contribution in [2.75, 3.05) is 0 Å². The van der Waals surface area contributed by atoms with E-state index in [0.717, 1.165) is 51.1 Å². The fraction of sp³-hybridized carbons (Fsp3) is 0.268. The number of hydrogen-bond donors (Lipinski definition) is 0. The summed E-state index contributed by atoms with van der Waals surface area (Å²) in [4.78, 5) is 0. The van der Waals surface area contributed by atoms with Crippen molar-refractivity contribution in [2.24, 2.45) is 0 Å². The van der Waals surface area contributed by atoms with Crippen LogP contribution in [0, 0.1) is 13.0 Å². The summed E-state index contributed by atoms with van der Waals surface area (Å²) < 4.78 is 39.0. The van der Waals surface area contributed by atoms with Gasteiger partial charge in [0.1, 0.15) is 0 Å². The normalized spacial score (nSPS) is 12.4. The minimum atomic E-state index is -4.29. The molecule has 0 aromatic heterocycles. The summed E-state index contributed by atoms with van der Waals surface area (Å²) in [5, 5.41) is 5.49. The largest absolute Gasteiger partial charge is 1.00 e. The first-order valence-electron chi connectivity index (χ1n) is 15.2. The van der Waals surface area contributed by atoms with E-state index < -0.39 is 11.7 Å². The van der Waals surface area contributed by atoms with Gasteiger partial charge in [-0.3, -0.25) is 6.08 Å². The van der Waals surface area contributed by atoms with Gasteiger partial charge in [-0.1, -0.05) is 76.9 Å². The number of alkyl halides is 3. The Hall–Kier alpha value is -2.65. The third kappa shape index (κ3) is 10.9. The first kappa shape index (κ1) is 40.5. The van der Waals surface area contributed by atoms with Gasteiger partial charge in [0.2, 0.25) is 0 Å². The van der Waals surface area contributed by atoms with Crippen molar-refractivity contribution in [1.29, 1.82) is 0 Å². The second kappa shape index (κ2) is 16.6. The van der Waals surface area contributed by atoms with E-state index in [1.165, 1.54) is 44.8 Å². The molecule has 0 amide bonds. The van der Waals surface area contributed by atoms with Crippen LogP contribution in [0.2, 0.25) is 0 Å². The molecule has 1 aliphatic rings. The molecule has 0 bridgehead atoms. The standard InChI is InChI=1S/C21H25.C15H11F3.C5H5.2ClH.Zr/c1-20(2,3)16-9-7-14-11-15-8-10-17(21(4,5)6)13-19(15)18(14)12-16;1-11-5-7-12(8-6-11)9-13-3-2-4-14(10-13)15(16,17)18;1-2-4-5-3-1;;;/h7-13H,1-6H3;2-8,10H,1H3;1-3H,4H2;2*1H;/q-1;;-1;;;+2/p-2. The molecule has 47 heavy (non-hydrogen) atoms. The summed E-state index contributed by atoms with van der Waals surface area (Å²) in [6.07, 6.45) is 5.71. The SMILES string of the molecule is CC(C)(C)c1ccc2[cH-]c3ccc(C(C)(C)C)cc3c2c1.Cc1ccc([C](=[Zr+2])c2cccc(C(F)(F)F)c2)cc1.[C-]1=CC=CC1.[Cl-].[Cl-]. The maximum atomic E-state index is 12.7. The Balaban J connectivity index is 0.000000275. The van der Waals surface area contributed by atoms with Crippen LogP contribution in [0.15, 0.2) is 109 Å². The molecule has 0 atom stereocenters. The van der Waals surface area contributed by atoms with Gasteiger partial charge in [-0.05, 0) is 10.8 Å². The van der Waals surface area contributed by atoms with E-state index in [4.69, 9.17) is 0 Å². The van der Waals surface area contributed by atoms with Crippen LogP contribution in [-0.2, 0) is 41.2 Å². The van der Waals surface area contributed by atoms with Gasteiger partial charge in [0.15, 0.2) is 0 Å². The van der Waals surface area contributed by atoms with Gasteiger partial charge in [0, 0.05) is 0 Å². The van der Waals surface area contributed by atoms with Crippen LogP contribution in [-0.4, -0.2) is 3.21 Å². The average Bonchev–Trinajstić information content (AvgIpc) is 3.68. The first-order valence-corrected chi connectivity index (χ1v) is 16.5. The van der Waals surface area contributed by atoms with Crippen molar-refractivity contribution in [2.45, 2.75) is 71.9 Å². The summed E-state index contributed by atoms with van der Waals surface area (Å²) in [5.74, 6) is 0. The molecule has 6 rings (SSSR count). The van der Waals surface area contributed by atoms with Gasteiger partial charge in [0.05, 0.1) is 0 Å². The maximum Gasteiger partial charge on any atom is -0.109 e. The zero-order chi connectivity index (χ0) is 33.0. The molecule has 5 aromatic rings. The van der Waals surface area contributed by atoms with Crippen molar-refractivity contribution >= 4 is 24.8 Å². The van der Waals surface area contributed by atoms with Gasteiger partial charge in [-0.25, -0.2) is 12.2 Å². The molecular formula is C41H41Cl2F3Zr-2. The first-order chi connectivity index (χ1) is 21.0. The predicted octanol–water partition coefficient (Wildman–Crippen LogP) is 5.75. The van der Waals surface area contributed by atoms with E-state index in [2.05, 4.69) is 96.2 Å². The molecule has 246 valence electrons. The van der Waals surface area contributed by atoms with E-state index in [0.29, 0.717) is 5.56 Å². The average molecular weight is 753 g/mol. The Kier molecular flexibility index (Phi) is 14.4. The quantitative estimate of drug-likeness (QED) is 0.202. The second-order valence-electron chi connectivity index (χ2n) is 13.6. The zero-order valence-corrected chi connectivity index (χ0v) is 32.0. The van der Waals surface area contributed by atoms with Crippen LogP contribution in [0.1, 0.15) is 81.3 Å².